The van der Waals surface area contributed by atoms with Crippen molar-refractivity contribution in [3.63, 3.8) is 0 Å². The van der Waals surface area contributed by atoms with Crippen molar-refractivity contribution in [1.82, 2.24) is 24.8 Å². The number of halogens is 2. The van der Waals surface area contributed by atoms with Crippen LogP contribution in [0.2, 0.25) is 10.0 Å². The Bertz CT molecular complexity index is 1590. The standard InChI is InChI=1S/C34H40Cl2N6O5/c1-34(2,3)47-33(44)42-19-24-18-41(20-29(24)42)32-37-15-27(16-38-32)46-30-10-22(9-28(39-30)23-12-25(35)14-26(36)13-23)17-40-7-5-21(6-8-40)11-31(43)45-4/h9-10,12-16,21,24,29H,5-8,11,17-20H2,1-4H3. The number of piperidine rings is 1. The fourth-order valence-electron chi connectivity index (χ4n) is 6.45. The molecular weight excluding hydrogens is 643 g/mol. The van der Waals surface area contributed by atoms with Crippen LogP contribution in [0.3, 0.4) is 0 Å². The second-order valence-corrected chi connectivity index (χ2v) is 14.4. The molecule has 3 aliphatic heterocycles. The third-order valence-electron chi connectivity index (χ3n) is 8.80. The summed E-state index contributed by atoms with van der Waals surface area (Å²) in [7, 11) is 1.44. The molecule has 6 rings (SSSR count). The average molecular weight is 684 g/mol. The van der Waals surface area contributed by atoms with Gasteiger partial charge in [0.2, 0.25) is 11.8 Å². The summed E-state index contributed by atoms with van der Waals surface area (Å²) in [6.45, 7) is 10.2. The molecule has 0 saturated carbocycles. The number of pyridine rings is 1. The van der Waals surface area contributed by atoms with Crippen molar-refractivity contribution in [1.29, 1.82) is 0 Å². The summed E-state index contributed by atoms with van der Waals surface area (Å²) in [5.41, 5.74) is 1.95. The number of ether oxygens (including phenoxy) is 3. The van der Waals surface area contributed by atoms with Crippen molar-refractivity contribution in [3.8, 4) is 22.9 Å². The van der Waals surface area contributed by atoms with Gasteiger partial charge in [-0.3, -0.25) is 9.69 Å². The van der Waals surface area contributed by atoms with Gasteiger partial charge in [-0.2, -0.15) is 0 Å². The number of carbonyl (C=O) groups is 2. The predicted molar refractivity (Wildman–Crippen MR) is 179 cm³/mol. The van der Waals surface area contributed by atoms with E-state index in [4.69, 9.17) is 42.4 Å². The Morgan fingerprint density at radius 1 is 0.957 bits per heavy atom. The molecule has 47 heavy (non-hydrogen) atoms. The van der Waals surface area contributed by atoms with Crippen molar-refractivity contribution in [2.45, 2.75) is 58.2 Å². The number of anilines is 1. The van der Waals surface area contributed by atoms with Gasteiger partial charge in [0.15, 0.2) is 5.75 Å². The van der Waals surface area contributed by atoms with Gasteiger partial charge < -0.3 is 24.0 Å². The molecule has 3 aliphatic rings. The number of fused-ring (bicyclic) bond motifs is 1. The van der Waals surface area contributed by atoms with Crippen LogP contribution in [0, 0.1) is 11.8 Å². The molecule has 3 fully saturated rings. The molecule has 3 saturated heterocycles. The number of esters is 1. The van der Waals surface area contributed by atoms with Gasteiger partial charge in [0, 0.05) is 60.2 Å². The summed E-state index contributed by atoms with van der Waals surface area (Å²) < 4.78 is 16.6. The summed E-state index contributed by atoms with van der Waals surface area (Å²) in [6.07, 6.45) is 5.34. The second-order valence-electron chi connectivity index (χ2n) is 13.5. The number of hydrogen-bond donors (Lipinski definition) is 0. The lowest BCUT2D eigenvalue weighted by molar-refractivity contribution is -0.142. The Morgan fingerprint density at radius 2 is 1.66 bits per heavy atom. The summed E-state index contributed by atoms with van der Waals surface area (Å²) in [5.74, 6) is 1.99. The first-order chi connectivity index (χ1) is 22.4. The fraction of sp³-hybridized carbons (Fsp3) is 0.500. The zero-order valence-electron chi connectivity index (χ0n) is 27.1. The third-order valence-corrected chi connectivity index (χ3v) is 9.24. The van der Waals surface area contributed by atoms with Crippen LogP contribution in [0.1, 0.15) is 45.6 Å². The number of carbonyl (C=O) groups excluding carboxylic acids is 2. The van der Waals surface area contributed by atoms with Crippen LogP contribution in [-0.4, -0.2) is 88.3 Å². The molecule has 5 heterocycles. The Morgan fingerprint density at radius 3 is 2.32 bits per heavy atom. The Kier molecular flexibility index (Phi) is 9.77. The molecular formula is C34H40Cl2N6O5. The van der Waals surface area contributed by atoms with E-state index in [1.807, 2.05) is 45.0 Å². The first-order valence-corrected chi connectivity index (χ1v) is 16.7. The van der Waals surface area contributed by atoms with Crippen molar-refractivity contribution >= 4 is 41.2 Å². The Balaban J connectivity index is 1.14. The number of amides is 1. The minimum Gasteiger partial charge on any atom is -0.469 e. The average Bonchev–Trinajstić information content (AvgIpc) is 3.32. The Labute approximate surface area is 285 Å². The number of nitrogens with zero attached hydrogens (tertiary/aromatic N) is 6. The maximum absolute atomic E-state index is 12.6. The summed E-state index contributed by atoms with van der Waals surface area (Å²) in [4.78, 5) is 44.5. The number of aromatic nitrogens is 3. The third kappa shape index (κ3) is 8.25. The zero-order valence-corrected chi connectivity index (χ0v) is 28.6. The quantitative estimate of drug-likeness (QED) is 0.245. The van der Waals surface area contributed by atoms with Gasteiger partial charge in [0.25, 0.3) is 0 Å². The number of rotatable bonds is 8. The Hall–Kier alpha value is -3.67. The molecule has 0 spiro atoms. The van der Waals surface area contributed by atoms with Crippen LogP contribution in [-0.2, 0) is 20.8 Å². The fourth-order valence-corrected chi connectivity index (χ4v) is 6.98. The second kappa shape index (κ2) is 13.8. The van der Waals surface area contributed by atoms with Crippen LogP contribution >= 0.6 is 23.2 Å². The van der Waals surface area contributed by atoms with Crippen molar-refractivity contribution < 1.29 is 23.8 Å². The monoisotopic (exact) mass is 682 g/mol. The van der Waals surface area contributed by atoms with Gasteiger partial charge in [0.1, 0.15) is 5.60 Å². The highest BCUT2D eigenvalue weighted by molar-refractivity contribution is 6.35. The molecule has 11 nitrogen and oxygen atoms in total. The van der Waals surface area contributed by atoms with Crippen LogP contribution in [0.15, 0.2) is 42.7 Å². The largest absolute Gasteiger partial charge is 0.469 e. The molecule has 2 aromatic heterocycles. The molecule has 13 heteroatoms. The van der Waals surface area contributed by atoms with Gasteiger partial charge in [-0.1, -0.05) is 23.2 Å². The van der Waals surface area contributed by atoms with E-state index in [2.05, 4.69) is 19.8 Å². The van der Waals surface area contributed by atoms with E-state index >= 15 is 0 Å². The molecule has 0 N–H and O–H groups in total. The molecule has 2 unspecified atom stereocenters. The summed E-state index contributed by atoms with van der Waals surface area (Å²) in [6, 6.07) is 9.38. The molecule has 3 aromatic rings. The van der Waals surface area contributed by atoms with Crippen molar-refractivity contribution in [2.24, 2.45) is 11.8 Å². The number of methoxy groups -OCH3 is 1. The summed E-state index contributed by atoms with van der Waals surface area (Å²) >= 11 is 12.7. The number of likely N-dealkylation sites (tertiary alicyclic amines) is 2. The van der Waals surface area contributed by atoms with E-state index in [1.54, 1.807) is 23.4 Å². The van der Waals surface area contributed by atoms with Gasteiger partial charge in [0.05, 0.1) is 31.2 Å². The van der Waals surface area contributed by atoms with E-state index in [-0.39, 0.29) is 18.1 Å². The van der Waals surface area contributed by atoms with Gasteiger partial charge in [-0.05, 0) is 82.4 Å². The topological polar surface area (TPSA) is 110 Å². The van der Waals surface area contributed by atoms with Crippen molar-refractivity contribution in [3.05, 3.63) is 58.3 Å². The van der Waals surface area contributed by atoms with E-state index < -0.39 is 5.60 Å². The van der Waals surface area contributed by atoms with Crippen LogP contribution in [0.25, 0.3) is 11.3 Å². The lowest BCUT2D eigenvalue weighted by atomic mass is 9.93. The highest BCUT2D eigenvalue weighted by Crippen LogP contribution is 2.36. The predicted octanol–water partition coefficient (Wildman–Crippen LogP) is 6.47. The molecule has 2 atom stereocenters. The number of benzene rings is 1. The van der Waals surface area contributed by atoms with E-state index in [9.17, 15) is 9.59 Å². The maximum Gasteiger partial charge on any atom is 0.410 e. The van der Waals surface area contributed by atoms with Gasteiger partial charge in [-0.15, -0.1) is 0 Å². The first-order valence-electron chi connectivity index (χ1n) is 15.9. The molecule has 1 aromatic carbocycles. The molecule has 0 bridgehead atoms. The highest BCUT2D eigenvalue weighted by atomic mass is 35.5. The minimum absolute atomic E-state index is 0.0911. The SMILES string of the molecule is COC(=O)CC1CCN(Cc2cc(Oc3cnc(N4CC5CN(C(=O)OC(C)(C)C)C5C4)nc3)nc(-c3cc(Cl)cc(Cl)c3)c2)CC1. The van der Waals surface area contributed by atoms with Crippen molar-refractivity contribution in [2.75, 3.05) is 44.7 Å². The molecule has 1 amide bonds. The minimum atomic E-state index is -0.528. The molecule has 0 aliphatic carbocycles. The highest BCUT2D eigenvalue weighted by Gasteiger charge is 2.49. The first kappa shape index (κ1) is 33.2. The lowest BCUT2D eigenvalue weighted by Crippen LogP contribution is -2.59. The smallest absolute Gasteiger partial charge is 0.410 e. The maximum atomic E-state index is 12.6. The zero-order chi connectivity index (χ0) is 33.3. The van der Waals surface area contributed by atoms with E-state index in [1.165, 1.54) is 7.11 Å². The molecule has 0 radical (unpaired) electrons. The van der Waals surface area contributed by atoms with Crippen LogP contribution in [0.4, 0.5) is 10.7 Å². The normalized spacial score (nSPS) is 20.0. The van der Waals surface area contributed by atoms with E-state index in [0.29, 0.717) is 71.2 Å². The van der Waals surface area contributed by atoms with Gasteiger partial charge in [-0.25, -0.2) is 19.7 Å². The van der Waals surface area contributed by atoms with Gasteiger partial charge >= 0.3 is 12.1 Å². The van der Waals surface area contributed by atoms with Crippen LogP contribution in [0.5, 0.6) is 11.6 Å². The summed E-state index contributed by atoms with van der Waals surface area (Å²) in [5, 5.41) is 1.03. The van der Waals surface area contributed by atoms with E-state index in [0.717, 1.165) is 43.6 Å². The molecule has 250 valence electrons. The number of hydrogen-bond acceptors (Lipinski definition) is 10. The van der Waals surface area contributed by atoms with Crippen LogP contribution < -0.4 is 9.64 Å². The lowest BCUT2D eigenvalue weighted by Gasteiger charge is -2.43.